The van der Waals surface area contributed by atoms with Crippen molar-refractivity contribution < 1.29 is 4.79 Å². The largest absolute Gasteiger partial charge is 0.351 e. The lowest BCUT2D eigenvalue weighted by Crippen LogP contribution is -2.27. The maximum atomic E-state index is 12.0. The fourth-order valence-corrected chi connectivity index (χ4v) is 2.68. The summed E-state index contributed by atoms with van der Waals surface area (Å²) in [6, 6.07) is 10.5. The molecule has 0 radical (unpaired) electrons. The number of pyridine rings is 1. The molecule has 0 aliphatic heterocycles. The van der Waals surface area contributed by atoms with Crippen molar-refractivity contribution in [1.82, 2.24) is 10.3 Å². The van der Waals surface area contributed by atoms with E-state index in [0.717, 1.165) is 10.6 Å². The van der Waals surface area contributed by atoms with Crippen LogP contribution in [-0.4, -0.2) is 23.2 Å². The summed E-state index contributed by atoms with van der Waals surface area (Å²) in [5.74, 6) is 0.580. The number of aromatic nitrogens is 1. The van der Waals surface area contributed by atoms with Gasteiger partial charge in [0.15, 0.2) is 0 Å². The van der Waals surface area contributed by atoms with Gasteiger partial charge in [0.25, 0.3) is 5.91 Å². The third-order valence-electron chi connectivity index (χ3n) is 2.83. The lowest BCUT2D eigenvalue weighted by molar-refractivity contribution is 0.0955. The first-order valence-corrected chi connectivity index (χ1v) is 7.79. The third kappa shape index (κ3) is 4.65. The SMILES string of the molecule is Cc1[nH]c(=O)ccc1C(=O)NCCSc1ccc(Cl)cc1. The van der Waals surface area contributed by atoms with Crippen LogP contribution in [0.4, 0.5) is 0 Å². The summed E-state index contributed by atoms with van der Waals surface area (Å²) in [7, 11) is 0. The minimum absolute atomic E-state index is 0.180. The molecule has 21 heavy (non-hydrogen) atoms. The molecule has 6 heteroatoms. The number of halogens is 1. The monoisotopic (exact) mass is 322 g/mol. The number of amides is 1. The van der Waals surface area contributed by atoms with Crippen molar-refractivity contribution in [2.24, 2.45) is 0 Å². The van der Waals surface area contributed by atoms with Gasteiger partial charge in [0.1, 0.15) is 0 Å². The Morgan fingerprint density at radius 2 is 1.95 bits per heavy atom. The third-order valence-corrected chi connectivity index (χ3v) is 4.10. The molecule has 0 saturated carbocycles. The Morgan fingerprint density at radius 3 is 2.62 bits per heavy atom. The van der Waals surface area contributed by atoms with Crippen LogP contribution in [0.5, 0.6) is 0 Å². The fourth-order valence-electron chi connectivity index (χ4n) is 1.78. The van der Waals surface area contributed by atoms with E-state index < -0.39 is 0 Å². The van der Waals surface area contributed by atoms with Crippen molar-refractivity contribution in [2.75, 3.05) is 12.3 Å². The van der Waals surface area contributed by atoms with Gasteiger partial charge in [-0.25, -0.2) is 0 Å². The van der Waals surface area contributed by atoms with Crippen molar-refractivity contribution in [3.8, 4) is 0 Å². The van der Waals surface area contributed by atoms with E-state index in [1.54, 1.807) is 18.7 Å². The van der Waals surface area contributed by atoms with E-state index in [2.05, 4.69) is 10.3 Å². The predicted molar refractivity (Wildman–Crippen MR) is 86.3 cm³/mol. The zero-order valence-corrected chi connectivity index (χ0v) is 13.1. The zero-order valence-electron chi connectivity index (χ0n) is 11.5. The first-order chi connectivity index (χ1) is 10.1. The minimum atomic E-state index is -0.206. The van der Waals surface area contributed by atoms with Crippen LogP contribution >= 0.6 is 23.4 Å². The van der Waals surface area contributed by atoms with Crippen molar-refractivity contribution in [1.29, 1.82) is 0 Å². The number of thioether (sulfide) groups is 1. The van der Waals surface area contributed by atoms with Crippen LogP contribution in [0.3, 0.4) is 0 Å². The quantitative estimate of drug-likeness (QED) is 0.657. The van der Waals surface area contributed by atoms with E-state index in [1.807, 2.05) is 24.3 Å². The summed E-state index contributed by atoms with van der Waals surface area (Å²) in [5.41, 5.74) is 0.860. The molecule has 0 saturated heterocycles. The number of hydrogen-bond acceptors (Lipinski definition) is 3. The molecular weight excluding hydrogens is 308 g/mol. The molecule has 1 aromatic carbocycles. The van der Waals surface area contributed by atoms with Gasteiger partial charge in [-0.15, -0.1) is 11.8 Å². The topological polar surface area (TPSA) is 62.0 Å². The van der Waals surface area contributed by atoms with E-state index in [0.29, 0.717) is 22.8 Å². The van der Waals surface area contributed by atoms with Gasteiger partial charge >= 0.3 is 0 Å². The van der Waals surface area contributed by atoms with Crippen molar-refractivity contribution >= 4 is 29.3 Å². The second kappa shape index (κ2) is 7.33. The van der Waals surface area contributed by atoms with Crippen molar-refractivity contribution in [2.45, 2.75) is 11.8 Å². The number of aromatic amines is 1. The summed E-state index contributed by atoms with van der Waals surface area (Å²) < 4.78 is 0. The van der Waals surface area contributed by atoms with Crippen molar-refractivity contribution in [3.63, 3.8) is 0 Å². The van der Waals surface area contributed by atoms with Gasteiger partial charge < -0.3 is 10.3 Å². The summed E-state index contributed by atoms with van der Waals surface area (Å²) >= 11 is 7.46. The molecule has 4 nitrogen and oxygen atoms in total. The van der Waals surface area contributed by atoms with Gasteiger partial charge in [-0.05, 0) is 37.3 Å². The van der Waals surface area contributed by atoms with Crippen LogP contribution in [-0.2, 0) is 0 Å². The Hall–Kier alpha value is -1.72. The molecule has 2 aromatic rings. The molecular formula is C15H15ClN2O2S. The van der Waals surface area contributed by atoms with E-state index in [9.17, 15) is 9.59 Å². The van der Waals surface area contributed by atoms with Crippen LogP contribution in [0.2, 0.25) is 5.02 Å². The first-order valence-electron chi connectivity index (χ1n) is 6.43. The van der Waals surface area contributed by atoms with E-state index in [1.165, 1.54) is 12.1 Å². The van der Waals surface area contributed by atoms with Crippen LogP contribution < -0.4 is 10.9 Å². The second-order valence-electron chi connectivity index (χ2n) is 4.42. The summed E-state index contributed by atoms with van der Waals surface area (Å²) in [6.45, 7) is 2.25. The summed E-state index contributed by atoms with van der Waals surface area (Å²) in [5, 5.41) is 3.54. The van der Waals surface area contributed by atoms with Crippen LogP contribution in [0.1, 0.15) is 16.1 Å². The Morgan fingerprint density at radius 1 is 1.24 bits per heavy atom. The number of aryl methyl sites for hydroxylation is 1. The molecule has 2 rings (SSSR count). The zero-order chi connectivity index (χ0) is 15.2. The Kier molecular flexibility index (Phi) is 5.47. The van der Waals surface area contributed by atoms with Crippen LogP contribution in [0.25, 0.3) is 0 Å². The molecule has 110 valence electrons. The maximum absolute atomic E-state index is 12.0. The van der Waals surface area contributed by atoms with Gasteiger partial charge in [-0.1, -0.05) is 11.6 Å². The lowest BCUT2D eigenvalue weighted by Gasteiger charge is -2.07. The highest BCUT2D eigenvalue weighted by Crippen LogP contribution is 2.19. The number of carbonyl (C=O) groups excluding carboxylic acids is 1. The Bertz CT molecular complexity index is 683. The van der Waals surface area contributed by atoms with Gasteiger partial charge in [-0.3, -0.25) is 9.59 Å². The highest BCUT2D eigenvalue weighted by Gasteiger charge is 2.08. The smallest absolute Gasteiger partial charge is 0.253 e. The van der Waals surface area contributed by atoms with Gasteiger partial charge in [0, 0.05) is 34.0 Å². The molecule has 0 atom stereocenters. The lowest BCUT2D eigenvalue weighted by atomic mass is 10.2. The molecule has 0 aliphatic rings. The molecule has 0 unspecified atom stereocenters. The number of hydrogen-bond donors (Lipinski definition) is 2. The molecule has 0 spiro atoms. The van der Waals surface area contributed by atoms with E-state index >= 15 is 0 Å². The molecule has 1 aromatic heterocycles. The number of H-pyrrole nitrogens is 1. The summed E-state index contributed by atoms with van der Waals surface area (Å²) in [6.07, 6.45) is 0. The molecule has 0 aliphatic carbocycles. The van der Waals surface area contributed by atoms with E-state index in [-0.39, 0.29) is 11.5 Å². The Balaban J connectivity index is 1.81. The molecule has 2 N–H and O–H groups in total. The van der Waals surface area contributed by atoms with Crippen molar-refractivity contribution in [3.05, 3.63) is 63.0 Å². The number of carbonyl (C=O) groups is 1. The minimum Gasteiger partial charge on any atom is -0.351 e. The standard InChI is InChI=1S/C15H15ClN2O2S/c1-10-13(6-7-14(19)18-10)15(20)17-8-9-21-12-4-2-11(16)3-5-12/h2-7H,8-9H2,1H3,(H,17,20)(H,18,19). The normalized spacial score (nSPS) is 10.4. The highest BCUT2D eigenvalue weighted by molar-refractivity contribution is 7.99. The Labute approximate surface area is 131 Å². The van der Waals surface area contributed by atoms with Gasteiger partial charge in [-0.2, -0.15) is 0 Å². The van der Waals surface area contributed by atoms with Gasteiger partial charge in [0.05, 0.1) is 5.56 Å². The second-order valence-corrected chi connectivity index (χ2v) is 6.02. The average molecular weight is 323 g/mol. The predicted octanol–water partition coefficient (Wildman–Crippen LogP) is 2.86. The number of rotatable bonds is 5. The summed E-state index contributed by atoms with van der Waals surface area (Å²) in [4.78, 5) is 26.8. The average Bonchev–Trinajstić information content (AvgIpc) is 2.45. The van der Waals surface area contributed by atoms with Crippen LogP contribution in [0.15, 0.2) is 46.1 Å². The molecule has 0 bridgehead atoms. The number of benzene rings is 1. The van der Waals surface area contributed by atoms with E-state index in [4.69, 9.17) is 11.6 Å². The van der Waals surface area contributed by atoms with Gasteiger partial charge in [0.2, 0.25) is 5.56 Å². The van der Waals surface area contributed by atoms with Crippen LogP contribution in [0, 0.1) is 6.92 Å². The molecule has 1 heterocycles. The molecule has 1 amide bonds. The highest BCUT2D eigenvalue weighted by atomic mass is 35.5. The first kappa shape index (κ1) is 15.7. The molecule has 0 fully saturated rings. The maximum Gasteiger partial charge on any atom is 0.253 e. The fraction of sp³-hybridized carbons (Fsp3) is 0.200. The number of nitrogens with one attached hydrogen (secondary N) is 2.